The number of aromatic nitrogens is 4. The van der Waals surface area contributed by atoms with Crippen molar-refractivity contribution >= 4 is 0 Å². The van der Waals surface area contributed by atoms with Gasteiger partial charge in [0.2, 0.25) is 23.6 Å². The molecular weight excluding hydrogens is 328 g/mol. The average Bonchev–Trinajstić information content (AvgIpc) is 3.37. The van der Waals surface area contributed by atoms with E-state index in [1.807, 2.05) is 48.5 Å². The maximum atomic E-state index is 5.69. The van der Waals surface area contributed by atoms with Gasteiger partial charge in [-0.1, -0.05) is 24.3 Å². The number of hydrogen-bond donors (Lipinski definition) is 0. The average molecular weight is 344 g/mol. The second-order valence-corrected chi connectivity index (χ2v) is 5.79. The zero-order valence-electron chi connectivity index (χ0n) is 14.1. The second kappa shape index (κ2) is 7.74. The molecule has 0 bridgehead atoms. The smallest absolute Gasteiger partial charge is 0.247 e. The largest absolute Gasteiger partial charge is 0.421 e. The molecule has 0 aliphatic carbocycles. The first-order chi connectivity index (χ1) is 12.9. The van der Waals surface area contributed by atoms with Gasteiger partial charge in [0.1, 0.15) is 0 Å². The van der Waals surface area contributed by atoms with E-state index in [0.29, 0.717) is 23.6 Å². The number of nitrogens with zero attached hydrogens (tertiary/aromatic N) is 4. The van der Waals surface area contributed by atoms with Gasteiger partial charge in [-0.3, -0.25) is 0 Å². The minimum Gasteiger partial charge on any atom is -0.421 e. The number of unbranched alkanes of at least 4 members (excludes halogenated alkanes) is 1. The quantitative estimate of drug-likeness (QED) is 0.472. The van der Waals surface area contributed by atoms with Gasteiger partial charge in [0.05, 0.1) is 0 Å². The molecule has 0 atom stereocenters. The molecule has 0 unspecified atom stereocenters. The highest BCUT2D eigenvalue weighted by Gasteiger charge is 2.10. The summed E-state index contributed by atoms with van der Waals surface area (Å²) in [6, 6.07) is 20.8. The van der Waals surface area contributed by atoms with Gasteiger partial charge in [0.15, 0.2) is 0 Å². The molecular formula is C20H16N4O2. The first kappa shape index (κ1) is 16.2. The zero-order chi connectivity index (χ0) is 17.6. The van der Waals surface area contributed by atoms with Crippen LogP contribution in [0.2, 0.25) is 0 Å². The predicted octanol–water partition coefficient (Wildman–Crippen LogP) is 3.95. The Morgan fingerprint density at radius 2 is 1.04 bits per heavy atom. The number of hydrogen-bond acceptors (Lipinski definition) is 6. The third kappa shape index (κ3) is 3.85. The molecule has 4 aromatic rings. The molecule has 2 aromatic heterocycles. The van der Waals surface area contributed by atoms with Gasteiger partial charge in [0.25, 0.3) is 0 Å². The molecule has 4 rings (SSSR count). The summed E-state index contributed by atoms with van der Waals surface area (Å²) in [6.07, 6.45) is 3.26. The van der Waals surface area contributed by atoms with Crippen LogP contribution in [-0.2, 0) is 12.8 Å². The monoisotopic (exact) mass is 344 g/mol. The van der Waals surface area contributed by atoms with E-state index in [9.17, 15) is 0 Å². The number of aryl methyl sites for hydroxylation is 2. The second-order valence-electron chi connectivity index (χ2n) is 5.79. The van der Waals surface area contributed by atoms with Crippen molar-refractivity contribution in [2.24, 2.45) is 0 Å². The Morgan fingerprint density at radius 1 is 0.615 bits per heavy atom. The van der Waals surface area contributed by atoms with Crippen LogP contribution in [0.1, 0.15) is 24.6 Å². The summed E-state index contributed by atoms with van der Waals surface area (Å²) in [5.41, 5.74) is 1.80. The maximum absolute atomic E-state index is 5.69. The Labute approximate surface area is 150 Å². The van der Waals surface area contributed by atoms with Crippen LogP contribution in [0.3, 0.4) is 0 Å². The van der Waals surface area contributed by atoms with Gasteiger partial charge in [-0.15, -0.1) is 20.4 Å². The van der Waals surface area contributed by atoms with Crippen molar-refractivity contribution in [3.8, 4) is 22.9 Å². The van der Waals surface area contributed by atoms with Crippen LogP contribution in [-0.4, -0.2) is 20.4 Å². The fourth-order valence-corrected chi connectivity index (χ4v) is 2.55. The predicted molar refractivity (Wildman–Crippen MR) is 93.8 cm³/mol. The van der Waals surface area contributed by atoms with Crippen molar-refractivity contribution in [3.63, 3.8) is 0 Å². The molecule has 0 aliphatic heterocycles. The Kier molecular flexibility index (Phi) is 4.82. The first-order valence-electron chi connectivity index (χ1n) is 8.46. The summed E-state index contributed by atoms with van der Waals surface area (Å²) in [4.78, 5) is 0. The molecule has 0 N–H and O–H groups in total. The highest BCUT2D eigenvalue weighted by atomic mass is 16.4. The lowest BCUT2D eigenvalue weighted by Gasteiger charge is -1.96. The molecule has 2 heterocycles. The SMILES string of the molecule is [c]1ccc(-c2nnc(CCCCc3nnc(-c4cc[c]cc4)o3)o2)cc1. The molecule has 6 nitrogen and oxygen atoms in total. The van der Waals surface area contributed by atoms with E-state index in [1.165, 1.54) is 0 Å². The molecule has 0 spiro atoms. The third-order valence-electron chi connectivity index (χ3n) is 3.90. The molecule has 26 heavy (non-hydrogen) atoms. The van der Waals surface area contributed by atoms with E-state index in [4.69, 9.17) is 8.83 Å². The summed E-state index contributed by atoms with van der Waals surface area (Å²) < 4.78 is 11.4. The highest BCUT2D eigenvalue weighted by molar-refractivity contribution is 5.52. The van der Waals surface area contributed by atoms with Crippen molar-refractivity contribution in [3.05, 3.63) is 72.4 Å². The Hall–Kier alpha value is -3.28. The van der Waals surface area contributed by atoms with Crippen molar-refractivity contribution < 1.29 is 8.83 Å². The normalized spacial score (nSPS) is 10.9. The van der Waals surface area contributed by atoms with Gasteiger partial charge in [0, 0.05) is 24.0 Å². The molecule has 0 aliphatic rings. The summed E-state index contributed by atoms with van der Waals surface area (Å²) in [7, 11) is 0. The fourth-order valence-electron chi connectivity index (χ4n) is 2.55. The lowest BCUT2D eigenvalue weighted by Crippen LogP contribution is -1.90. The number of rotatable bonds is 7. The van der Waals surface area contributed by atoms with Crippen LogP contribution < -0.4 is 0 Å². The van der Waals surface area contributed by atoms with E-state index in [0.717, 1.165) is 36.8 Å². The molecule has 0 fully saturated rings. The standard InChI is InChI=1S/C20H16N4O2/c1-3-9-15(10-4-1)19-23-21-17(25-19)13-7-8-14-18-22-24-20(26-18)16-11-5-2-6-12-16/h3-6,9-12H,7-8,13-14H2. The van der Waals surface area contributed by atoms with Gasteiger partial charge >= 0.3 is 0 Å². The van der Waals surface area contributed by atoms with Crippen LogP contribution in [0.15, 0.2) is 57.4 Å². The van der Waals surface area contributed by atoms with Crippen molar-refractivity contribution in [1.82, 2.24) is 20.4 Å². The minimum atomic E-state index is 0.538. The molecule has 0 amide bonds. The Balaban J connectivity index is 1.27. The highest BCUT2D eigenvalue weighted by Crippen LogP contribution is 2.19. The first-order valence-corrected chi connectivity index (χ1v) is 8.46. The molecule has 2 radical (unpaired) electrons. The minimum absolute atomic E-state index is 0.538. The molecule has 0 saturated heterocycles. The third-order valence-corrected chi connectivity index (χ3v) is 3.90. The summed E-state index contributed by atoms with van der Waals surface area (Å²) in [6.45, 7) is 0. The lowest BCUT2D eigenvalue weighted by atomic mass is 10.2. The Morgan fingerprint density at radius 3 is 1.46 bits per heavy atom. The van der Waals surface area contributed by atoms with Crippen LogP contribution in [0.5, 0.6) is 0 Å². The van der Waals surface area contributed by atoms with Crippen LogP contribution in [0.4, 0.5) is 0 Å². The van der Waals surface area contributed by atoms with Crippen molar-refractivity contribution in [2.75, 3.05) is 0 Å². The van der Waals surface area contributed by atoms with Crippen LogP contribution in [0, 0.1) is 12.1 Å². The summed E-state index contributed by atoms with van der Waals surface area (Å²) in [5, 5.41) is 16.4. The van der Waals surface area contributed by atoms with E-state index < -0.39 is 0 Å². The van der Waals surface area contributed by atoms with Gasteiger partial charge in [-0.05, 0) is 49.2 Å². The van der Waals surface area contributed by atoms with Gasteiger partial charge < -0.3 is 8.83 Å². The number of benzene rings is 2. The van der Waals surface area contributed by atoms with E-state index in [2.05, 4.69) is 32.5 Å². The molecule has 0 saturated carbocycles. The summed E-state index contributed by atoms with van der Waals surface area (Å²) in [5.74, 6) is 2.35. The fraction of sp³-hybridized carbons (Fsp3) is 0.200. The molecule has 128 valence electrons. The van der Waals surface area contributed by atoms with E-state index in [-0.39, 0.29) is 0 Å². The topological polar surface area (TPSA) is 77.8 Å². The van der Waals surface area contributed by atoms with Crippen molar-refractivity contribution in [2.45, 2.75) is 25.7 Å². The lowest BCUT2D eigenvalue weighted by molar-refractivity contribution is 0.472. The van der Waals surface area contributed by atoms with Crippen LogP contribution >= 0.6 is 0 Å². The zero-order valence-corrected chi connectivity index (χ0v) is 14.1. The van der Waals surface area contributed by atoms with Gasteiger partial charge in [-0.2, -0.15) is 0 Å². The molecule has 6 heteroatoms. The maximum Gasteiger partial charge on any atom is 0.247 e. The van der Waals surface area contributed by atoms with E-state index in [1.54, 1.807) is 0 Å². The molecule has 2 aromatic carbocycles. The van der Waals surface area contributed by atoms with Crippen molar-refractivity contribution in [1.29, 1.82) is 0 Å². The Bertz CT molecular complexity index is 868. The van der Waals surface area contributed by atoms with Crippen LogP contribution in [0.25, 0.3) is 22.9 Å². The summed E-state index contributed by atoms with van der Waals surface area (Å²) >= 11 is 0. The van der Waals surface area contributed by atoms with Gasteiger partial charge in [-0.25, -0.2) is 0 Å². The van der Waals surface area contributed by atoms with E-state index >= 15 is 0 Å².